The molecule has 1 aromatic carbocycles. The predicted molar refractivity (Wildman–Crippen MR) is 168 cm³/mol. The standard InChI is InChI=1S/C33H55N3O8/c1-22(38)9-10-24(7-5-17-37)29(43-23(2)39)19-30(44-32(41)27(35-4)21-34-3)33(13-15-36-16-14-33)20-25-11-12-28(40)31-26(25)8-6-18-42-31/h11-12,22,24,27,29-30,34-38,40H,5-10,13-21H2,1-4H3/t22-,24+,27-,29-,30+/m0/s1. The highest BCUT2D eigenvalue weighted by Crippen LogP contribution is 2.45. The Morgan fingerprint density at radius 1 is 1.14 bits per heavy atom. The lowest BCUT2D eigenvalue weighted by Crippen LogP contribution is -2.52. The van der Waals surface area contributed by atoms with Gasteiger partial charge in [0.2, 0.25) is 0 Å². The minimum Gasteiger partial charge on any atom is -0.504 e. The molecule has 1 aromatic rings. The molecule has 1 fully saturated rings. The van der Waals surface area contributed by atoms with Crippen LogP contribution in [0.5, 0.6) is 11.5 Å². The molecule has 2 aliphatic heterocycles. The Bertz CT molecular complexity index is 1050. The van der Waals surface area contributed by atoms with Crippen molar-refractivity contribution < 1.29 is 39.1 Å². The van der Waals surface area contributed by atoms with Crippen LogP contribution in [0.4, 0.5) is 0 Å². The Morgan fingerprint density at radius 2 is 1.89 bits per heavy atom. The number of likely N-dealkylation sites (N-methyl/N-ethyl adjacent to an activating group) is 2. The number of carbonyl (C=O) groups is 2. The second-order valence-electron chi connectivity index (χ2n) is 12.6. The molecule has 0 radical (unpaired) electrons. The summed E-state index contributed by atoms with van der Waals surface area (Å²) in [6.45, 7) is 5.56. The fraction of sp³-hybridized carbons (Fsp3) is 0.758. The number of rotatable bonds is 18. The van der Waals surface area contributed by atoms with Gasteiger partial charge in [-0.3, -0.25) is 9.59 Å². The van der Waals surface area contributed by atoms with Crippen molar-refractivity contribution in [2.75, 3.05) is 46.9 Å². The van der Waals surface area contributed by atoms with E-state index in [9.17, 15) is 24.9 Å². The van der Waals surface area contributed by atoms with Crippen molar-refractivity contribution in [1.82, 2.24) is 16.0 Å². The summed E-state index contributed by atoms with van der Waals surface area (Å²) in [4.78, 5) is 26.1. The highest BCUT2D eigenvalue weighted by Gasteiger charge is 2.46. The van der Waals surface area contributed by atoms with Crippen molar-refractivity contribution >= 4 is 11.9 Å². The molecule has 5 atom stereocenters. The Hall–Kier alpha value is -2.44. The van der Waals surface area contributed by atoms with Crippen LogP contribution < -0.4 is 20.7 Å². The second-order valence-corrected chi connectivity index (χ2v) is 12.6. The SMILES string of the molecule is CNC[C@H](NC)C(=O)O[C@H](C[C@H](OC(C)=O)[C@H](CCCO)CC[C@H](C)O)C1(Cc2ccc(O)c3c2CCCO3)CCNCC1. The molecule has 250 valence electrons. The van der Waals surface area contributed by atoms with Crippen LogP contribution in [0, 0.1) is 11.3 Å². The maximum Gasteiger partial charge on any atom is 0.324 e. The largest absolute Gasteiger partial charge is 0.504 e. The summed E-state index contributed by atoms with van der Waals surface area (Å²) in [7, 11) is 3.51. The number of ether oxygens (including phenoxy) is 3. The Kier molecular flexibility index (Phi) is 14.7. The highest BCUT2D eigenvalue weighted by atomic mass is 16.6. The number of aromatic hydroxyl groups is 1. The van der Waals surface area contributed by atoms with Crippen LogP contribution in [-0.2, 0) is 31.9 Å². The number of fused-ring (bicyclic) bond motifs is 1. The zero-order valence-corrected chi connectivity index (χ0v) is 27.0. The summed E-state index contributed by atoms with van der Waals surface area (Å²) in [6, 6.07) is 3.07. The lowest BCUT2D eigenvalue weighted by atomic mass is 9.67. The van der Waals surface area contributed by atoms with Gasteiger partial charge in [0.15, 0.2) is 11.5 Å². The predicted octanol–water partition coefficient (Wildman–Crippen LogP) is 2.22. The fourth-order valence-electron chi connectivity index (χ4n) is 6.84. The van der Waals surface area contributed by atoms with Crippen LogP contribution in [0.2, 0.25) is 0 Å². The topological polar surface area (TPSA) is 159 Å². The Morgan fingerprint density at radius 3 is 2.52 bits per heavy atom. The zero-order chi connectivity index (χ0) is 32.1. The van der Waals surface area contributed by atoms with E-state index in [1.807, 2.05) is 6.07 Å². The Balaban J connectivity index is 2.07. The molecule has 0 saturated carbocycles. The number of hydrogen-bond acceptors (Lipinski definition) is 11. The van der Waals surface area contributed by atoms with Crippen molar-refractivity contribution in [2.24, 2.45) is 11.3 Å². The van der Waals surface area contributed by atoms with Gasteiger partial charge < -0.3 is 45.5 Å². The third kappa shape index (κ3) is 10.0. The van der Waals surface area contributed by atoms with E-state index in [4.69, 9.17) is 14.2 Å². The summed E-state index contributed by atoms with van der Waals surface area (Å²) in [5, 5.41) is 39.8. The molecule has 0 bridgehead atoms. The van der Waals surface area contributed by atoms with Gasteiger partial charge in [-0.2, -0.15) is 0 Å². The molecule has 0 amide bonds. The van der Waals surface area contributed by atoms with Crippen LogP contribution in [0.3, 0.4) is 0 Å². The molecular formula is C33H55N3O8. The fourth-order valence-corrected chi connectivity index (χ4v) is 6.84. The number of carbonyl (C=O) groups excluding carboxylic acids is 2. The average molecular weight is 622 g/mol. The molecule has 44 heavy (non-hydrogen) atoms. The van der Waals surface area contributed by atoms with Crippen molar-refractivity contribution in [3.05, 3.63) is 23.3 Å². The second kappa shape index (κ2) is 17.9. The number of aliphatic hydroxyl groups is 2. The molecule has 11 heteroatoms. The van der Waals surface area contributed by atoms with Gasteiger partial charge in [0.25, 0.3) is 0 Å². The molecule has 2 aliphatic rings. The van der Waals surface area contributed by atoms with Crippen LogP contribution in [0.1, 0.15) is 76.3 Å². The van der Waals surface area contributed by atoms with Gasteiger partial charge in [-0.15, -0.1) is 0 Å². The van der Waals surface area contributed by atoms with Gasteiger partial charge in [-0.05, 0) is 109 Å². The molecule has 0 spiro atoms. The van der Waals surface area contributed by atoms with E-state index in [0.29, 0.717) is 57.4 Å². The summed E-state index contributed by atoms with van der Waals surface area (Å²) in [6.07, 6.45) is 4.61. The first kappa shape index (κ1) is 36.0. The minimum atomic E-state index is -0.591. The molecule has 2 heterocycles. The summed E-state index contributed by atoms with van der Waals surface area (Å²) in [5.74, 6) is -0.255. The maximum atomic E-state index is 13.7. The van der Waals surface area contributed by atoms with E-state index in [1.54, 1.807) is 27.1 Å². The average Bonchev–Trinajstić information content (AvgIpc) is 3.00. The normalized spacial score (nSPS) is 19.5. The molecule has 11 nitrogen and oxygen atoms in total. The quantitative estimate of drug-likeness (QED) is 0.134. The highest BCUT2D eigenvalue weighted by molar-refractivity contribution is 5.76. The maximum absolute atomic E-state index is 13.7. The van der Waals surface area contributed by atoms with Gasteiger partial charge in [-0.25, -0.2) is 0 Å². The van der Waals surface area contributed by atoms with Crippen LogP contribution in [0.25, 0.3) is 0 Å². The molecule has 0 aromatic heterocycles. The number of piperidine rings is 1. The monoisotopic (exact) mass is 621 g/mol. The molecular weight excluding hydrogens is 566 g/mol. The summed E-state index contributed by atoms with van der Waals surface area (Å²) >= 11 is 0. The third-order valence-corrected chi connectivity index (χ3v) is 9.26. The van der Waals surface area contributed by atoms with Crippen molar-refractivity contribution in [2.45, 2.75) is 102 Å². The van der Waals surface area contributed by atoms with Gasteiger partial charge in [0, 0.05) is 37.5 Å². The van der Waals surface area contributed by atoms with Gasteiger partial charge in [-0.1, -0.05) is 6.07 Å². The third-order valence-electron chi connectivity index (χ3n) is 9.26. The lowest BCUT2D eigenvalue weighted by Gasteiger charge is -2.45. The first-order valence-corrected chi connectivity index (χ1v) is 16.3. The number of aliphatic hydroxyl groups excluding tert-OH is 2. The summed E-state index contributed by atoms with van der Waals surface area (Å²) < 4.78 is 18.4. The molecule has 1 saturated heterocycles. The van der Waals surface area contributed by atoms with E-state index in [0.717, 1.165) is 49.9 Å². The van der Waals surface area contributed by atoms with Gasteiger partial charge >= 0.3 is 11.9 Å². The first-order valence-electron chi connectivity index (χ1n) is 16.3. The van der Waals surface area contributed by atoms with E-state index >= 15 is 0 Å². The van der Waals surface area contributed by atoms with E-state index in [1.165, 1.54) is 6.92 Å². The molecule has 0 aliphatic carbocycles. The smallest absolute Gasteiger partial charge is 0.324 e. The molecule has 6 N–H and O–H groups in total. The molecule has 3 rings (SSSR count). The van der Waals surface area contributed by atoms with Crippen molar-refractivity contribution in [3.8, 4) is 11.5 Å². The van der Waals surface area contributed by atoms with E-state index in [-0.39, 0.29) is 24.2 Å². The summed E-state index contributed by atoms with van der Waals surface area (Å²) in [5.41, 5.74) is 1.58. The van der Waals surface area contributed by atoms with E-state index in [2.05, 4.69) is 16.0 Å². The number of esters is 2. The molecule has 0 unspecified atom stereocenters. The van der Waals surface area contributed by atoms with Crippen LogP contribution in [-0.4, -0.2) is 98.6 Å². The number of phenols is 1. The lowest BCUT2D eigenvalue weighted by molar-refractivity contribution is -0.168. The van der Waals surface area contributed by atoms with Crippen molar-refractivity contribution in [3.63, 3.8) is 0 Å². The number of benzene rings is 1. The van der Waals surface area contributed by atoms with Crippen molar-refractivity contribution in [1.29, 1.82) is 0 Å². The first-order chi connectivity index (χ1) is 21.1. The number of hydrogen-bond donors (Lipinski definition) is 6. The number of phenolic OH excluding ortho intramolecular Hbond substituents is 1. The van der Waals surface area contributed by atoms with E-state index < -0.39 is 35.7 Å². The van der Waals surface area contributed by atoms with Gasteiger partial charge in [0.05, 0.1) is 12.7 Å². The minimum absolute atomic E-state index is 0.00783. The van der Waals surface area contributed by atoms with Crippen LogP contribution in [0.15, 0.2) is 12.1 Å². The number of nitrogens with one attached hydrogen (secondary N) is 3. The zero-order valence-electron chi connectivity index (χ0n) is 27.0. The van der Waals surface area contributed by atoms with Crippen LogP contribution >= 0.6 is 0 Å². The van der Waals surface area contributed by atoms with Gasteiger partial charge in [0.1, 0.15) is 18.2 Å². The Labute approximate surface area is 262 Å².